The molecule has 2 fully saturated rings. The van der Waals surface area contributed by atoms with Gasteiger partial charge in [0.1, 0.15) is 23.0 Å². The molecule has 2 saturated heterocycles. The van der Waals surface area contributed by atoms with Gasteiger partial charge in [-0.15, -0.1) is 0 Å². The standard InChI is InChI=1S/C44H48Cl2N3O6/c1-6-44(2,42(50)52-25-48(4)21-33-29-11-7-9-13-38(29)54-40-16-15-28(45)18-31(40)35(33)23-48)20-27-17-41-32(19-37(27)46)36-24-49(5,26-53-43(51)47-3)22-34(36)30-12-8-10-14-39(30)55-41/h7-19,33-36H,6,20-26H2,1-5H3/q+1/p+1. The molecule has 0 saturated carbocycles. The second-order valence-electron chi connectivity index (χ2n) is 16.8. The number of esters is 1. The van der Waals surface area contributed by atoms with Gasteiger partial charge in [-0.2, -0.15) is 0 Å². The summed E-state index contributed by atoms with van der Waals surface area (Å²) in [6.07, 6.45) is 0.523. The molecule has 4 heterocycles. The fourth-order valence-electron chi connectivity index (χ4n) is 9.49. The number of nitrogens with one attached hydrogen (secondary N) is 1. The van der Waals surface area contributed by atoms with E-state index in [1.54, 1.807) is 7.05 Å². The number of halogens is 2. The van der Waals surface area contributed by atoms with Crippen LogP contribution in [0.3, 0.4) is 0 Å². The average Bonchev–Trinajstić information content (AvgIpc) is 3.65. The number of carbonyl (C=O) groups is 2. The van der Waals surface area contributed by atoms with Crippen molar-refractivity contribution < 1.29 is 37.5 Å². The van der Waals surface area contributed by atoms with Crippen molar-refractivity contribution in [3.8, 4) is 23.0 Å². The second-order valence-corrected chi connectivity index (χ2v) is 17.6. The van der Waals surface area contributed by atoms with Gasteiger partial charge in [0, 0.05) is 63.0 Å². The van der Waals surface area contributed by atoms with Gasteiger partial charge in [-0.3, -0.25) is 13.8 Å². The molecule has 0 radical (unpaired) electrons. The molecule has 8 rings (SSSR count). The van der Waals surface area contributed by atoms with Crippen LogP contribution < -0.4 is 14.8 Å². The van der Waals surface area contributed by atoms with E-state index in [2.05, 4.69) is 37.6 Å². The number of hydrogen-bond acceptors (Lipinski definition) is 6. The number of amides is 1. The molecule has 55 heavy (non-hydrogen) atoms. The zero-order valence-electron chi connectivity index (χ0n) is 32.1. The van der Waals surface area contributed by atoms with Crippen LogP contribution in [0.4, 0.5) is 4.79 Å². The summed E-state index contributed by atoms with van der Waals surface area (Å²) < 4.78 is 26.1. The zero-order chi connectivity index (χ0) is 38.7. The number of para-hydroxylation sites is 2. The summed E-state index contributed by atoms with van der Waals surface area (Å²) in [5, 5.41) is 3.82. The van der Waals surface area contributed by atoms with Gasteiger partial charge in [0.05, 0.1) is 45.7 Å². The van der Waals surface area contributed by atoms with Crippen LogP contribution >= 0.6 is 23.2 Å². The molecule has 288 valence electrons. The molecule has 11 heteroatoms. The van der Waals surface area contributed by atoms with Gasteiger partial charge in [-0.1, -0.05) is 66.5 Å². The van der Waals surface area contributed by atoms with E-state index in [0.29, 0.717) is 31.9 Å². The highest BCUT2D eigenvalue weighted by Gasteiger charge is 2.50. The number of nitrogens with zero attached hydrogens (tertiary/aromatic N) is 2. The first kappa shape index (κ1) is 37.6. The van der Waals surface area contributed by atoms with Crippen LogP contribution in [-0.4, -0.2) is 81.8 Å². The molecule has 4 aliphatic heterocycles. The topological polar surface area (TPSA) is 83.1 Å². The first-order chi connectivity index (χ1) is 26.3. The van der Waals surface area contributed by atoms with Crippen LogP contribution in [0.5, 0.6) is 23.0 Å². The van der Waals surface area contributed by atoms with Gasteiger partial charge in [0.15, 0.2) is 0 Å². The average molecular weight is 787 g/mol. The second kappa shape index (κ2) is 14.3. The van der Waals surface area contributed by atoms with Crippen molar-refractivity contribution in [2.45, 2.75) is 50.4 Å². The van der Waals surface area contributed by atoms with Crippen molar-refractivity contribution in [3.05, 3.63) is 117 Å². The number of rotatable bonds is 8. The number of alkyl carbamates (subject to hydrolysis) is 1. The SMILES string of the molecule is CCC(C)(Cc1cc2c(cc1Cl)C1C[N+](C)(COC(=O)NC)CC1c1ccccc1O2)C(=O)OC[N+]1(C)CC2c3ccccc3Oc3ccc(Cl)cc3C2C1. The van der Waals surface area contributed by atoms with Gasteiger partial charge in [-0.25, -0.2) is 4.79 Å². The van der Waals surface area contributed by atoms with Gasteiger partial charge in [0.2, 0.25) is 13.5 Å². The van der Waals surface area contributed by atoms with Crippen LogP contribution in [0.1, 0.15) is 71.8 Å². The molecule has 7 atom stereocenters. The lowest BCUT2D eigenvalue weighted by molar-refractivity contribution is -0.915. The normalized spacial score (nSPS) is 26.8. The van der Waals surface area contributed by atoms with E-state index in [1.807, 2.05) is 74.5 Å². The Morgan fingerprint density at radius 2 is 1.24 bits per heavy atom. The van der Waals surface area contributed by atoms with E-state index < -0.39 is 11.5 Å². The Hall–Kier alpha value is -4.28. The number of likely N-dealkylation sites (N-methyl/N-ethyl adjacent to an activating group) is 2. The van der Waals surface area contributed by atoms with E-state index in [0.717, 1.165) is 71.4 Å². The maximum Gasteiger partial charge on any atom is 0.411 e. The van der Waals surface area contributed by atoms with Crippen molar-refractivity contribution in [1.82, 2.24) is 5.32 Å². The number of carbonyl (C=O) groups excluding carboxylic acids is 2. The highest BCUT2D eigenvalue weighted by atomic mass is 35.5. The summed E-state index contributed by atoms with van der Waals surface area (Å²) in [6, 6.07) is 26.3. The maximum atomic E-state index is 14.2. The van der Waals surface area contributed by atoms with Gasteiger partial charge < -0.3 is 24.3 Å². The molecule has 0 aliphatic carbocycles. The van der Waals surface area contributed by atoms with E-state index in [-0.39, 0.29) is 43.1 Å². The predicted octanol–water partition coefficient (Wildman–Crippen LogP) is 9.33. The third-order valence-corrected chi connectivity index (χ3v) is 13.2. The molecule has 4 aromatic rings. The highest BCUT2D eigenvalue weighted by molar-refractivity contribution is 6.31. The zero-order valence-corrected chi connectivity index (χ0v) is 33.6. The Balaban J connectivity index is 1.02. The first-order valence-electron chi connectivity index (χ1n) is 19.1. The Bertz CT molecular complexity index is 2160. The molecule has 4 aliphatic rings. The van der Waals surface area contributed by atoms with E-state index in [1.165, 1.54) is 5.56 Å². The number of fused-ring (bicyclic) bond motifs is 10. The molecular weight excluding hydrogens is 737 g/mol. The summed E-state index contributed by atoms with van der Waals surface area (Å²) >= 11 is 13.7. The number of ether oxygens (including phenoxy) is 4. The molecule has 0 bridgehead atoms. The number of hydrogen-bond donors (Lipinski definition) is 1. The lowest BCUT2D eigenvalue weighted by atomic mass is 9.80. The van der Waals surface area contributed by atoms with Crippen LogP contribution in [0, 0.1) is 5.41 Å². The van der Waals surface area contributed by atoms with E-state index in [9.17, 15) is 9.59 Å². The van der Waals surface area contributed by atoms with Crippen LogP contribution in [0.2, 0.25) is 10.0 Å². The largest absolute Gasteiger partial charge is 0.457 e. The van der Waals surface area contributed by atoms with Gasteiger partial charge >= 0.3 is 12.1 Å². The minimum atomic E-state index is -0.827. The molecule has 7 unspecified atom stereocenters. The van der Waals surface area contributed by atoms with Crippen molar-refractivity contribution in [2.24, 2.45) is 5.41 Å². The molecule has 9 nitrogen and oxygen atoms in total. The first-order valence-corrected chi connectivity index (χ1v) is 19.9. The third kappa shape index (κ3) is 7.05. The van der Waals surface area contributed by atoms with Gasteiger partial charge in [0.25, 0.3) is 0 Å². The number of quaternary nitrogens is 2. The van der Waals surface area contributed by atoms with Crippen molar-refractivity contribution in [3.63, 3.8) is 0 Å². The predicted molar refractivity (Wildman–Crippen MR) is 212 cm³/mol. The van der Waals surface area contributed by atoms with E-state index in [4.69, 9.17) is 42.1 Å². The molecular formula is C44H49Cl2N3O6+2. The minimum Gasteiger partial charge on any atom is -0.457 e. The number of likely N-dealkylation sites (tertiary alicyclic amines) is 2. The van der Waals surface area contributed by atoms with E-state index >= 15 is 0 Å². The van der Waals surface area contributed by atoms with Gasteiger partial charge in [-0.05, 0) is 67.8 Å². The smallest absolute Gasteiger partial charge is 0.411 e. The molecule has 0 spiro atoms. The van der Waals surface area contributed by atoms with Crippen molar-refractivity contribution in [2.75, 3.05) is 60.8 Å². The van der Waals surface area contributed by atoms with Crippen molar-refractivity contribution in [1.29, 1.82) is 0 Å². The van der Waals surface area contributed by atoms with Crippen LogP contribution in [0.15, 0.2) is 78.9 Å². The summed E-state index contributed by atoms with van der Waals surface area (Å²) in [5.74, 6) is 3.55. The molecule has 1 N–H and O–H groups in total. The Morgan fingerprint density at radius 3 is 1.82 bits per heavy atom. The molecule has 4 aromatic carbocycles. The van der Waals surface area contributed by atoms with Crippen LogP contribution in [-0.2, 0) is 20.7 Å². The monoisotopic (exact) mass is 785 g/mol. The lowest BCUT2D eigenvalue weighted by Crippen LogP contribution is -2.46. The fourth-order valence-corrected chi connectivity index (χ4v) is 9.91. The summed E-state index contributed by atoms with van der Waals surface area (Å²) in [5.41, 5.74) is 4.42. The Kier molecular flexibility index (Phi) is 9.81. The molecule has 1 amide bonds. The van der Waals surface area contributed by atoms with Crippen molar-refractivity contribution >= 4 is 35.3 Å². The third-order valence-electron chi connectivity index (χ3n) is 12.6. The van der Waals surface area contributed by atoms with Crippen LogP contribution in [0.25, 0.3) is 0 Å². The summed E-state index contributed by atoms with van der Waals surface area (Å²) in [7, 11) is 5.86. The molecule has 0 aromatic heterocycles. The number of benzene rings is 4. The quantitative estimate of drug-likeness (QED) is 0.142. The lowest BCUT2D eigenvalue weighted by Gasteiger charge is -2.32. The highest BCUT2D eigenvalue weighted by Crippen LogP contribution is 2.54. The Morgan fingerprint density at radius 1 is 0.727 bits per heavy atom. The maximum absolute atomic E-state index is 14.2. The Labute approximate surface area is 333 Å². The minimum absolute atomic E-state index is 0.0884. The summed E-state index contributed by atoms with van der Waals surface area (Å²) in [4.78, 5) is 26.2. The summed E-state index contributed by atoms with van der Waals surface area (Å²) in [6.45, 7) is 7.60. The fraction of sp³-hybridized carbons (Fsp3) is 0.409.